The second-order valence-corrected chi connectivity index (χ2v) is 9.92. The Morgan fingerprint density at radius 2 is 1.83 bits per heavy atom. The lowest BCUT2D eigenvalue weighted by molar-refractivity contribution is -0.120. The number of nitrogens with zero attached hydrogens (tertiary/aromatic N) is 1. The van der Waals surface area contributed by atoms with E-state index in [0.29, 0.717) is 12.1 Å². The van der Waals surface area contributed by atoms with Crippen molar-refractivity contribution in [1.29, 1.82) is 0 Å². The van der Waals surface area contributed by atoms with Gasteiger partial charge in [0.25, 0.3) is 0 Å². The third-order valence-corrected chi connectivity index (χ3v) is 6.17. The Morgan fingerprint density at radius 1 is 1.17 bits per heavy atom. The van der Waals surface area contributed by atoms with Crippen molar-refractivity contribution in [2.24, 2.45) is 0 Å². The molecule has 1 aliphatic heterocycles. The van der Waals surface area contributed by atoms with Gasteiger partial charge >= 0.3 is 0 Å². The van der Waals surface area contributed by atoms with Gasteiger partial charge in [0.05, 0.1) is 18.0 Å². The summed E-state index contributed by atoms with van der Waals surface area (Å²) in [4.78, 5) is 12.8. The van der Waals surface area contributed by atoms with Crippen molar-refractivity contribution in [2.45, 2.75) is 45.3 Å². The Bertz CT molecular complexity index is 984. The second-order valence-electron chi connectivity index (χ2n) is 8.01. The van der Waals surface area contributed by atoms with Crippen LogP contribution in [0.1, 0.15) is 44.4 Å². The number of hydrogen-bond donors (Lipinski definition) is 1. The zero-order valence-electron chi connectivity index (χ0n) is 17.3. The predicted molar refractivity (Wildman–Crippen MR) is 115 cm³/mol. The van der Waals surface area contributed by atoms with Crippen LogP contribution < -0.4 is 14.4 Å². The van der Waals surface area contributed by atoms with Crippen LogP contribution in [-0.2, 0) is 21.2 Å². The van der Waals surface area contributed by atoms with Crippen LogP contribution in [-0.4, -0.2) is 32.7 Å². The van der Waals surface area contributed by atoms with Gasteiger partial charge in [0.1, 0.15) is 17.9 Å². The Balaban J connectivity index is 1.80. The first-order chi connectivity index (χ1) is 13.6. The molecule has 0 saturated heterocycles. The molecular weight excluding hydrogens is 388 g/mol. The molecule has 3 rings (SSSR count). The maximum absolute atomic E-state index is 12.8. The molecule has 1 atom stereocenters. The molecule has 0 spiro atoms. The summed E-state index contributed by atoms with van der Waals surface area (Å²) in [6, 6.07) is 14.6. The summed E-state index contributed by atoms with van der Waals surface area (Å²) in [5.74, 6) is 0.386. The number of nitrogens with one attached hydrogen (secondary N) is 1. The van der Waals surface area contributed by atoms with E-state index in [2.05, 4.69) is 5.32 Å². The number of benzene rings is 2. The molecule has 0 bridgehead atoms. The van der Waals surface area contributed by atoms with Gasteiger partial charge in [0.2, 0.25) is 15.9 Å². The van der Waals surface area contributed by atoms with Crippen LogP contribution in [0.25, 0.3) is 0 Å². The van der Waals surface area contributed by atoms with Gasteiger partial charge in [-0.05, 0) is 44.0 Å². The molecule has 0 fully saturated rings. The van der Waals surface area contributed by atoms with E-state index in [1.807, 2.05) is 57.2 Å². The lowest BCUT2D eigenvalue weighted by atomic mass is 9.89. The fraction of sp³-hybridized carbons (Fsp3) is 0.409. The largest absolute Gasteiger partial charge is 0.487 e. The van der Waals surface area contributed by atoms with Crippen LogP contribution in [0, 0.1) is 0 Å². The average molecular weight is 417 g/mol. The molecule has 1 aliphatic rings. The molecule has 0 aliphatic carbocycles. The number of sulfonamides is 1. The molecule has 1 N–H and O–H groups in total. The van der Waals surface area contributed by atoms with Crippen LogP contribution in [0.4, 0.5) is 5.69 Å². The van der Waals surface area contributed by atoms with Crippen molar-refractivity contribution >= 4 is 21.6 Å². The lowest BCUT2D eigenvalue weighted by Crippen LogP contribution is -2.45. The molecule has 6 nitrogen and oxygen atoms in total. The molecule has 1 amide bonds. The summed E-state index contributed by atoms with van der Waals surface area (Å²) in [6.07, 6.45) is 2.57. The smallest absolute Gasteiger partial charge is 0.241 e. The van der Waals surface area contributed by atoms with E-state index in [1.54, 1.807) is 12.1 Å². The molecule has 2 aromatic rings. The zero-order valence-corrected chi connectivity index (χ0v) is 18.1. The second kappa shape index (κ2) is 8.06. The van der Waals surface area contributed by atoms with Gasteiger partial charge in [-0.3, -0.25) is 9.10 Å². The van der Waals surface area contributed by atoms with E-state index in [9.17, 15) is 13.2 Å². The van der Waals surface area contributed by atoms with Gasteiger partial charge in [-0.2, -0.15) is 0 Å². The van der Waals surface area contributed by atoms with E-state index in [1.165, 1.54) is 0 Å². The molecular formula is C22H28N2O4S. The summed E-state index contributed by atoms with van der Waals surface area (Å²) in [5.41, 5.74) is 2.05. The number of rotatable bonds is 6. The van der Waals surface area contributed by atoms with Crippen LogP contribution in [0.3, 0.4) is 0 Å². The van der Waals surface area contributed by atoms with Gasteiger partial charge in [0, 0.05) is 12.0 Å². The van der Waals surface area contributed by atoms with Crippen molar-refractivity contribution in [2.75, 3.05) is 17.1 Å². The number of carbonyl (C=O) groups excluding carboxylic acids is 1. The van der Waals surface area contributed by atoms with Crippen molar-refractivity contribution in [1.82, 2.24) is 5.32 Å². The van der Waals surface area contributed by atoms with Gasteiger partial charge in [-0.25, -0.2) is 8.42 Å². The van der Waals surface area contributed by atoms with Crippen LogP contribution in [0.5, 0.6) is 5.75 Å². The highest BCUT2D eigenvalue weighted by Crippen LogP contribution is 2.39. The topological polar surface area (TPSA) is 75.7 Å². The highest BCUT2D eigenvalue weighted by atomic mass is 32.2. The average Bonchev–Trinajstić information content (AvgIpc) is 2.64. The van der Waals surface area contributed by atoms with E-state index in [4.69, 9.17) is 4.74 Å². The van der Waals surface area contributed by atoms with Crippen molar-refractivity contribution in [3.05, 3.63) is 59.7 Å². The molecule has 156 valence electrons. The summed E-state index contributed by atoms with van der Waals surface area (Å²) < 4.78 is 31.8. The number of para-hydroxylation sites is 1. The molecule has 0 aromatic heterocycles. The van der Waals surface area contributed by atoms with E-state index >= 15 is 0 Å². The van der Waals surface area contributed by atoms with Crippen LogP contribution in [0.2, 0.25) is 0 Å². The third-order valence-electron chi connectivity index (χ3n) is 5.03. The van der Waals surface area contributed by atoms with E-state index < -0.39 is 15.6 Å². The van der Waals surface area contributed by atoms with Gasteiger partial charge in [-0.15, -0.1) is 0 Å². The highest BCUT2D eigenvalue weighted by Gasteiger charge is 2.34. The molecule has 0 saturated carbocycles. The number of ether oxygens (including phenoxy) is 1. The monoisotopic (exact) mass is 416 g/mol. The minimum atomic E-state index is -3.61. The first-order valence-corrected chi connectivity index (χ1v) is 11.6. The van der Waals surface area contributed by atoms with Crippen LogP contribution in [0.15, 0.2) is 48.5 Å². The highest BCUT2D eigenvalue weighted by molar-refractivity contribution is 7.92. The Morgan fingerprint density at radius 3 is 2.45 bits per heavy atom. The van der Waals surface area contributed by atoms with Crippen molar-refractivity contribution in [3.63, 3.8) is 0 Å². The first-order valence-electron chi connectivity index (χ1n) is 9.73. The van der Waals surface area contributed by atoms with Crippen LogP contribution >= 0.6 is 0 Å². The first kappa shape index (κ1) is 21.2. The summed E-state index contributed by atoms with van der Waals surface area (Å²) >= 11 is 0. The zero-order chi connectivity index (χ0) is 21.2. The van der Waals surface area contributed by atoms with Gasteiger partial charge in [0.15, 0.2) is 0 Å². The molecule has 0 radical (unpaired) electrons. The molecule has 1 unspecified atom stereocenters. The SMILES string of the molecule is CCc1ccc(N(CC(=O)NC2CC(C)(C)Oc3ccccc32)S(C)(=O)=O)cc1. The fourth-order valence-electron chi connectivity index (χ4n) is 3.60. The number of amides is 1. The molecule has 7 heteroatoms. The van der Waals surface area contributed by atoms with Crippen molar-refractivity contribution < 1.29 is 17.9 Å². The number of anilines is 1. The Hall–Kier alpha value is -2.54. The summed E-state index contributed by atoms with van der Waals surface area (Å²) in [6.45, 7) is 5.70. The van der Waals surface area contributed by atoms with Gasteiger partial charge < -0.3 is 10.1 Å². The van der Waals surface area contributed by atoms with Gasteiger partial charge in [-0.1, -0.05) is 37.3 Å². The summed E-state index contributed by atoms with van der Waals surface area (Å²) in [7, 11) is -3.61. The number of fused-ring (bicyclic) bond motifs is 1. The fourth-order valence-corrected chi connectivity index (χ4v) is 4.46. The molecule has 1 heterocycles. The Labute approximate surface area is 172 Å². The van der Waals surface area contributed by atoms with E-state index in [-0.39, 0.29) is 18.5 Å². The minimum absolute atomic E-state index is 0.244. The lowest BCUT2D eigenvalue weighted by Gasteiger charge is -2.38. The standard InChI is InChI=1S/C22H28N2O4S/c1-5-16-10-12-17(13-11-16)24(29(4,26)27)15-21(25)23-19-14-22(2,3)28-20-9-7-6-8-18(19)20/h6-13,19H,5,14-15H2,1-4H3,(H,23,25). The van der Waals surface area contributed by atoms with Crippen molar-refractivity contribution in [3.8, 4) is 5.75 Å². The minimum Gasteiger partial charge on any atom is -0.487 e. The predicted octanol–water partition coefficient (Wildman–Crippen LogP) is 3.43. The summed E-state index contributed by atoms with van der Waals surface area (Å²) in [5, 5.41) is 3.00. The maximum Gasteiger partial charge on any atom is 0.241 e. The molecule has 29 heavy (non-hydrogen) atoms. The molecule has 2 aromatic carbocycles. The number of carbonyl (C=O) groups is 1. The number of aryl methyl sites for hydroxylation is 1. The quantitative estimate of drug-likeness (QED) is 0.783. The van der Waals surface area contributed by atoms with E-state index in [0.717, 1.165) is 33.9 Å². The Kier molecular flexibility index (Phi) is 5.89. The normalized spacial score (nSPS) is 17.7. The number of hydrogen-bond acceptors (Lipinski definition) is 4. The maximum atomic E-state index is 12.8. The third kappa shape index (κ3) is 5.09.